The van der Waals surface area contributed by atoms with Crippen LogP contribution in [0.25, 0.3) is 0 Å². The van der Waals surface area contributed by atoms with Crippen molar-refractivity contribution in [3.05, 3.63) is 52.4 Å². The molecule has 1 heterocycles. The van der Waals surface area contributed by atoms with Gasteiger partial charge in [0.1, 0.15) is 0 Å². The number of hydrogen-bond donors (Lipinski definition) is 2. The highest BCUT2D eigenvalue weighted by molar-refractivity contribution is 9.10. The Kier molecular flexibility index (Phi) is 4.57. The summed E-state index contributed by atoms with van der Waals surface area (Å²) in [4.78, 5) is 23.5. The average molecular weight is 337 g/mol. The fourth-order valence-electron chi connectivity index (χ4n) is 1.62. The van der Waals surface area contributed by atoms with Gasteiger partial charge in [0.05, 0.1) is 11.8 Å². The summed E-state index contributed by atoms with van der Waals surface area (Å²) in [5, 5.41) is 5.43. The largest absolute Gasteiger partial charge is 0.457 e. The van der Waals surface area contributed by atoms with Crippen LogP contribution in [0.5, 0.6) is 0 Å². The first-order chi connectivity index (χ1) is 9.61. The van der Waals surface area contributed by atoms with E-state index in [-0.39, 0.29) is 11.8 Å². The summed E-state index contributed by atoms with van der Waals surface area (Å²) in [7, 11) is 0. The number of amides is 2. The maximum absolute atomic E-state index is 11.9. The number of carbonyl (C=O) groups excluding carboxylic acids is 2. The minimum atomic E-state index is -0.281. The average Bonchev–Trinajstić information content (AvgIpc) is 2.86. The topological polar surface area (TPSA) is 71.3 Å². The van der Waals surface area contributed by atoms with E-state index in [0.29, 0.717) is 28.0 Å². The molecule has 0 bridgehead atoms. The molecule has 0 atom stereocenters. The summed E-state index contributed by atoms with van der Waals surface area (Å²) in [6.45, 7) is 2.43. The Bertz CT molecular complexity index is 620. The van der Waals surface area contributed by atoms with Gasteiger partial charge in [-0.05, 0) is 53.2 Å². The van der Waals surface area contributed by atoms with Gasteiger partial charge in [0.15, 0.2) is 4.67 Å². The number of hydrogen-bond acceptors (Lipinski definition) is 3. The maximum atomic E-state index is 11.9. The van der Waals surface area contributed by atoms with Crippen molar-refractivity contribution in [3.8, 4) is 0 Å². The lowest BCUT2D eigenvalue weighted by molar-refractivity contribution is 0.0955. The number of rotatable bonds is 4. The van der Waals surface area contributed by atoms with E-state index in [1.807, 2.05) is 6.92 Å². The standard InChI is InChI=1S/C14H13BrN2O3/c1-2-16-13(18)9-3-5-10(6-4-9)17-14(19)11-7-8-20-12(11)15/h3-8H,2H2,1H3,(H,16,18)(H,17,19). The molecule has 104 valence electrons. The van der Waals surface area contributed by atoms with Crippen LogP contribution < -0.4 is 10.6 Å². The van der Waals surface area contributed by atoms with E-state index >= 15 is 0 Å². The first-order valence-electron chi connectivity index (χ1n) is 6.04. The minimum absolute atomic E-state index is 0.136. The molecular weight excluding hydrogens is 324 g/mol. The van der Waals surface area contributed by atoms with E-state index in [1.165, 1.54) is 6.26 Å². The highest BCUT2D eigenvalue weighted by Crippen LogP contribution is 2.19. The molecule has 1 aromatic carbocycles. The van der Waals surface area contributed by atoms with Crippen molar-refractivity contribution in [1.29, 1.82) is 0 Å². The van der Waals surface area contributed by atoms with Gasteiger partial charge >= 0.3 is 0 Å². The van der Waals surface area contributed by atoms with Crippen LogP contribution in [0.2, 0.25) is 0 Å². The van der Waals surface area contributed by atoms with Gasteiger partial charge in [-0.15, -0.1) is 0 Å². The summed E-state index contributed by atoms with van der Waals surface area (Å²) in [5.74, 6) is -0.417. The molecule has 6 heteroatoms. The Morgan fingerprint density at radius 3 is 2.40 bits per heavy atom. The number of halogens is 1. The molecule has 2 rings (SSSR count). The van der Waals surface area contributed by atoms with Gasteiger partial charge < -0.3 is 15.1 Å². The van der Waals surface area contributed by atoms with E-state index in [0.717, 1.165) is 0 Å². The minimum Gasteiger partial charge on any atom is -0.457 e. The Balaban J connectivity index is 2.06. The van der Waals surface area contributed by atoms with Gasteiger partial charge in [0.25, 0.3) is 11.8 Å². The second-order valence-corrected chi connectivity index (χ2v) is 4.72. The number of benzene rings is 1. The molecule has 0 fully saturated rings. The molecule has 0 aliphatic carbocycles. The van der Waals surface area contributed by atoms with Gasteiger partial charge in [-0.1, -0.05) is 0 Å². The molecule has 0 unspecified atom stereocenters. The SMILES string of the molecule is CCNC(=O)c1ccc(NC(=O)c2ccoc2Br)cc1. The van der Waals surface area contributed by atoms with Gasteiger partial charge in [0, 0.05) is 17.8 Å². The molecule has 2 amide bonds. The fourth-order valence-corrected chi connectivity index (χ4v) is 2.04. The zero-order valence-electron chi connectivity index (χ0n) is 10.8. The predicted octanol–water partition coefficient (Wildman–Crippen LogP) is 3.04. The van der Waals surface area contributed by atoms with Crippen LogP contribution in [0.4, 0.5) is 5.69 Å². The second kappa shape index (κ2) is 6.38. The summed E-state index contributed by atoms with van der Waals surface area (Å²) in [6.07, 6.45) is 1.43. The van der Waals surface area contributed by atoms with Crippen molar-refractivity contribution < 1.29 is 14.0 Å². The summed E-state index contributed by atoms with van der Waals surface area (Å²) >= 11 is 3.15. The summed E-state index contributed by atoms with van der Waals surface area (Å²) in [6, 6.07) is 8.24. The Hall–Kier alpha value is -2.08. The summed E-state index contributed by atoms with van der Waals surface area (Å²) in [5.41, 5.74) is 1.57. The third kappa shape index (κ3) is 3.27. The van der Waals surface area contributed by atoms with Crippen LogP contribution >= 0.6 is 15.9 Å². The van der Waals surface area contributed by atoms with Crippen molar-refractivity contribution >= 4 is 33.4 Å². The monoisotopic (exact) mass is 336 g/mol. The third-order valence-corrected chi connectivity index (χ3v) is 3.22. The molecule has 0 saturated carbocycles. The normalized spacial score (nSPS) is 10.1. The number of furan rings is 1. The van der Waals surface area contributed by atoms with Gasteiger partial charge in [-0.25, -0.2) is 0 Å². The lowest BCUT2D eigenvalue weighted by atomic mass is 10.2. The smallest absolute Gasteiger partial charge is 0.260 e. The molecule has 2 N–H and O–H groups in total. The molecule has 0 aliphatic rings. The van der Waals surface area contributed by atoms with Crippen molar-refractivity contribution in [2.45, 2.75) is 6.92 Å². The molecule has 2 aromatic rings. The predicted molar refractivity (Wildman–Crippen MR) is 78.8 cm³/mol. The highest BCUT2D eigenvalue weighted by atomic mass is 79.9. The van der Waals surface area contributed by atoms with E-state index in [9.17, 15) is 9.59 Å². The molecule has 5 nitrogen and oxygen atoms in total. The number of carbonyl (C=O) groups is 2. The van der Waals surface area contributed by atoms with Crippen LogP contribution in [-0.2, 0) is 0 Å². The maximum Gasteiger partial charge on any atom is 0.260 e. The Labute approximate surface area is 124 Å². The molecule has 0 spiro atoms. The molecule has 0 radical (unpaired) electrons. The lowest BCUT2D eigenvalue weighted by Crippen LogP contribution is -2.22. The van der Waals surface area contributed by atoms with Gasteiger partial charge in [-0.2, -0.15) is 0 Å². The van der Waals surface area contributed by atoms with Gasteiger partial charge in [-0.3, -0.25) is 9.59 Å². The summed E-state index contributed by atoms with van der Waals surface area (Å²) < 4.78 is 5.39. The number of anilines is 1. The Morgan fingerprint density at radius 2 is 1.85 bits per heavy atom. The lowest BCUT2D eigenvalue weighted by Gasteiger charge is -2.06. The molecular formula is C14H13BrN2O3. The van der Waals surface area contributed by atoms with Gasteiger partial charge in [0.2, 0.25) is 0 Å². The van der Waals surface area contributed by atoms with Crippen LogP contribution in [0.1, 0.15) is 27.6 Å². The van der Waals surface area contributed by atoms with E-state index in [1.54, 1.807) is 30.3 Å². The highest BCUT2D eigenvalue weighted by Gasteiger charge is 2.13. The quantitative estimate of drug-likeness (QED) is 0.901. The van der Waals surface area contributed by atoms with Crippen molar-refractivity contribution in [2.75, 3.05) is 11.9 Å². The van der Waals surface area contributed by atoms with E-state index in [4.69, 9.17) is 4.42 Å². The molecule has 20 heavy (non-hydrogen) atoms. The van der Waals surface area contributed by atoms with Crippen LogP contribution in [0.3, 0.4) is 0 Å². The van der Waals surface area contributed by atoms with E-state index < -0.39 is 0 Å². The van der Waals surface area contributed by atoms with Crippen molar-refractivity contribution in [2.24, 2.45) is 0 Å². The first kappa shape index (κ1) is 14.3. The third-order valence-electron chi connectivity index (χ3n) is 2.60. The molecule has 1 aromatic heterocycles. The first-order valence-corrected chi connectivity index (χ1v) is 6.83. The second-order valence-electron chi connectivity index (χ2n) is 4.00. The zero-order valence-corrected chi connectivity index (χ0v) is 12.4. The number of nitrogens with one attached hydrogen (secondary N) is 2. The Morgan fingerprint density at radius 1 is 1.15 bits per heavy atom. The fraction of sp³-hybridized carbons (Fsp3) is 0.143. The van der Waals surface area contributed by atoms with Crippen LogP contribution in [0, 0.1) is 0 Å². The van der Waals surface area contributed by atoms with Crippen LogP contribution in [-0.4, -0.2) is 18.4 Å². The van der Waals surface area contributed by atoms with Crippen molar-refractivity contribution in [1.82, 2.24) is 5.32 Å². The molecule has 0 saturated heterocycles. The molecule has 0 aliphatic heterocycles. The van der Waals surface area contributed by atoms with Crippen LogP contribution in [0.15, 0.2) is 45.7 Å². The van der Waals surface area contributed by atoms with Crippen molar-refractivity contribution in [3.63, 3.8) is 0 Å². The zero-order chi connectivity index (χ0) is 14.5. The van der Waals surface area contributed by atoms with E-state index in [2.05, 4.69) is 26.6 Å².